The molecule has 0 aliphatic carbocycles. The number of aromatic nitrogens is 6. The van der Waals surface area contributed by atoms with Crippen LogP contribution < -0.4 is 0 Å². The molecular weight excluding hydrogens is 524 g/mol. The van der Waals surface area contributed by atoms with E-state index in [0.29, 0.717) is 56.3 Å². The molecule has 8 nitrogen and oxygen atoms in total. The van der Waals surface area contributed by atoms with Crippen LogP contribution in [0.15, 0.2) is 85.2 Å². The number of pyridine rings is 2. The van der Waals surface area contributed by atoms with E-state index in [2.05, 4.69) is 9.97 Å². The summed E-state index contributed by atoms with van der Waals surface area (Å²) in [6, 6.07) is 23.0. The van der Waals surface area contributed by atoms with Gasteiger partial charge < -0.3 is 19.3 Å². The molecular formula is C34H28N6O2. The van der Waals surface area contributed by atoms with Gasteiger partial charge in [-0.05, 0) is 85.6 Å². The van der Waals surface area contributed by atoms with Crippen molar-refractivity contribution in [2.24, 2.45) is 14.1 Å². The van der Waals surface area contributed by atoms with Crippen LogP contribution in [0.1, 0.15) is 11.1 Å². The van der Waals surface area contributed by atoms with Crippen LogP contribution in [0.25, 0.3) is 67.4 Å². The van der Waals surface area contributed by atoms with Crippen LogP contribution in [0.2, 0.25) is 0 Å². The molecule has 0 fully saturated rings. The van der Waals surface area contributed by atoms with Crippen LogP contribution in [0.4, 0.5) is 0 Å². The van der Waals surface area contributed by atoms with E-state index in [-0.39, 0.29) is 11.5 Å². The summed E-state index contributed by atoms with van der Waals surface area (Å²) in [4.78, 5) is 19.0. The average Bonchev–Trinajstić information content (AvgIpc) is 3.52. The molecule has 206 valence electrons. The van der Waals surface area contributed by atoms with Gasteiger partial charge in [-0.15, -0.1) is 0 Å². The molecule has 0 spiro atoms. The molecule has 0 amide bonds. The summed E-state index contributed by atoms with van der Waals surface area (Å²) in [6.45, 7) is 3.99. The predicted molar refractivity (Wildman–Crippen MR) is 165 cm³/mol. The molecule has 4 heterocycles. The van der Waals surface area contributed by atoms with E-state index in [1.165, 1.54) is 0 Å². The predicted octanol–water partition coefficient (Wildman–Crippen LogP) is 6.95. The first-order chi connectivity index (χ1) is 20.3. The van der Waals surface area contributed by atoms with Gasteiger partial charge in [0.25, 0.3) is 0 Å². The van der Waals surface area contributed by atoms with Gasteiger partial charge in [0.15, 0.2) is 0 Å². The van der Waals surface area contributed by atoms with Crippen LogP contribution in [0.5, 0.6) is 11.5 Å². The van der Waals surface area contributed by atoms with E-state index in [9.17, 15) is 10.2 Å². The largest absolute Gasteiger partial charge is 0.506 e. The van der Waals surface area contributed by atoms with E-state index in [1.54, 1.807) is 12.4 Å². The molecule has 2 N–H and O–H groups in total. The zero-order valence-corrected chi connectivity index (χ0v) is 23.7. The molecule has 0 unspecified atom stereocenters. The summed E-state index contributed by atoms with van der Waals surface area (Å²) in [5.41, 5.74) is 9.09. The van der Waals surface area contributed by atoms with E-state index < -0.39 is 0 Å². The fourth-order valence-electron chi connectivity index (χ4n) is 5.73. The Morgan fingerprint density at radius 1 is 0.548 bits per heavy atom. The van der Waals surface area contributed by atoms with Crippen LogP contribution in [0.3, 0.4) is 0 Å². The summed E-state index contributed by atoms with van der Waals surface area (Å²) in [7, 11) is 3.88. The van der Waals surface area contributed by atoms with Crippen molar-refractivity contribution in [1.29, 1.82) is 0 Å². The lowest BCUT2D eigenvalue weighted by Gasteiger charge is -2.11. The first kappa shape index (κ1) is 25.5. The number of aryl methyl sites for hydroxylation is 4. The van der Waals surface area contributed by atoms with Gasteiger partial charge >= 0.3 is 0 Å². The van der Waals surface area contributed by atoms with Crippen LogP contribution in [-0.4, -0.2) is 39.3 Å². The van der Waals surface area contributed by atoms with Gasteiger partial charge in [-0.2, -0.15) is 0 Å². The molecule has 0 atom stereocenters. The van der Waals surface area contributed by atoms with Crippen molar-refractivity contribution in [2.45, 2.75) is 13.8 Å². The molecule has 8 heteroatoms. The Morgan fingerprint density at radius 3 is 1.33 bits per heavy atom. The molecule has 0 saturated carbocycles. The molecule has 0 bridgehead atoms. The number of fused-ring (bicyclic) bond motifs is 3. The quantitative estimate of drug-likeness (QED) is 0.245. The SMILES string of the molecule is Cc1cc(-c2ccccn2)c(O)c(-c2nc3c4nc(-c5cc(C)cc(-c6ccccn6)c5O)n(C)c4ccc3n2C)c1. The van der Waals surface area contributed by atoms with Gasteiger partial charge in [0.05, 0.1) is 33.5 Å². The second kappa shape index (κ2) is 9.55. The van der Waals surface area contributed by atoms with E-state index >= 15 is 0 Å². The van der Waals surface area contributed by atoms with E-state index in [0.717, 1.165) is 22.2 Å². The third-order valence-electron chi connectivity index (χ3n) is 7.77. The Labute approximate surface area is 242 Å². The molecule has 0 aliphatic rings. The lowest BCUT2D eigenvalue weighted by atomic mass is 10.0. The Bertz CT molecular complexity index is 1990. The fourth-order valence-corrected chi connectivity index (χ4v) is 5.73. The van der Waals surface area contributed by atoms with Crippen LogP contribution in [-0.2, 0) is 14.1 Å². The number of hydrogen-bond donors (Lipinski definition) is 2. The van der Waals surface area contributed by atoms with Gasteiger partial charge in [0, 0.05) is 37.6 Å². The van der Waals surface area contributed by atoms with Crippen molar-refractivity contribution in [3.8, 4) is 56.8 Å². The third kappa shape index (κ3) is 3.91. The minimum Gasteiger partial charge on any atom is -0.506 e. The first-order valence-corrected chi connectivity index (χ1v) is 13.6. The standard InChI is InChI=1S/C34H28N6O2/c1-19-15-21(25-9-5-7-13-35-25)31(41)23(17-19)33-37-29-27(39(33)3)11-12-28-30(29)38-34(40(28)4)24-18-20(2)16-22(32(24)42)26-10-6-8-14-36-26/h5-18,41-42H,1-4H3. The molecule has 3 aromatic carbocycles. The molecule has 0 radical (unpaired) electrons. The maximum Gasteiger partial charge on any atom is 0.144 e. The van der Waals surface area contributed by atoms with Crippen molar-refractivity contribution >= 4 is 22.1 Å². The number of phenolic OH excluding ortho intramolecular Hbond substituents is 2. The van der Waals surface area contributed by atoms with Crippen molar-refractivity contribution in [3.05, 3.63) is 96.3 Å². The topological polar surface area (TPSA) is 102 Å². The van der Waals surface area contributed by atoms with Gasteiger partial charge in [-0.3, -0.25) is 9.97 Å². The molecule has 7 aromatic rings. The summed E-state index contributed by atoms with van der Waals surface area (Å²) >= 11 is 0. The van der Waals surface area contributed by atoms with Crippen LogP contribution in [0, 0.1) is 13.8 Å². The number of imidazole rings is 2. The highest BCUT2D eigenvalue weighted by molar-refractivity contribution is 6.04. The summed E-state index contributed by atoms with van der Waals surface area (Å²) < 4.78 is 3.95. The normalized spacial score (nSPS) is 11.5. The number of benzene rings is 3. The minimum atomic E-state index is 0.127. The van der Waals surface area contributed by atoms with Crippen LogP contribution >= 0.6 is 0 Å². The highest BCUT2D eigenvalue weighted by Crippen LogP contribution is 2.42. The molecule has 0 aliphatic heterocycles. The molecule has 0 saturated heterocycles. The Hall–Kier alpha value is -5.50. The van der Waals surface area contributed by atoms with Crippen molar-refractivity contribution in [3.63, 3.8) is 0 Å². The average molecular weight is 553 g/mol. The second-order valence-electron chi connectivity index (χ2n) is 10.6. The van der Waals surface area contributed by atoms with Crippen molar-refractivity contribution in [2.75, 3.05) is 0 Å². The number of nitrogens with zero attached hydrogens (tertiary/aromatic N) is 6. The first-order valence-electron chi connectivity index (χ1n) is 13.6. The highest BCUT2D eigenvalue weighted by atomic mass is 16.3. The van der Waals surface area contributed by atoms with Gasteiger partial charge in [-0.25, -0.2) is 9.97 Å². The Morgan fingerprint density at radius 2 is 0.952 bits per heavy atom. The lowest BCUT2D eigenvalue weighted by Crippen LogP contribution is -1.96. The Balaban J connectivity index is 1.43. The number of rotatable bonds is 4. The highest BCUT2D eigenvalue weighted by Gasteiger charge is 2.23. The monoisotopic (exact) mass is 552 g/mol. The fraction of sp³-hybridized carbons (Fsp3) is 0.118. The number of hydrogen-bond acceptors (Lipinski definition) is 6. The van der Waals surface area contributed by atoms with E-state index in [1.807, 2.05) is 110 Å². The number of phenols is 2. The summed E-state index contributed by atoms with van der Waals surface area (Å²) in [5.74, 6) is 1.50. The zero-order chi connectivity index (χ0) is 29.1. The van der Waals surface area contributed by atoms with Gasteiger partial charge in [0.2, 0.25) is 0 Å². The summed E-state index contributed by atoms with van der Waals surface area (Å²) in [6.07, 6.45) is 3.43. The van der Waals surface area contributed by atoms with Crippen molar-refractivity contribution < 1.29 is 10.2 Å². The lowest BCUT2D eigenvalue weighted by molar-refractivity contribution is 0.477. The summed E-state index contributed by atoms with van der Waals surface area (Å²) in [5, 5.41) is 22.8. The molecule has 4 aromatic heterocycles. The van der Waals surface area contributed by atoms with Gasteiger partial charge in [0.1, 0.15) is 34.2 Å². The maximum atomic E-state index is 11.4. The maximum absolute atomic E-state index is 11.4. The third-order valence-corrected chi connectivity index (χ3v) is 7.77. The zero-order valence-electron chi connectivity index (χ0n) is 23.7. The number of aromatic hydroxyl groups is 2. The minimum absolute atomic E-state index is 0.127. The second-order valence-corrected chi connectivity index (χ2v) is 10.6. The van der Waals surface area contributed by atoms with Gasteiger partial charge in [-0.1, -0.05) is 12.1 Å². The molecule has 42 heavy (non-hydrogen) atoms. The van der Waals surface area contributed by atoms with E-state index in [4.69, 9.17) is 9.97 Å². The smallest absolute Gasteiger partial charge is 0.144 e. The Kier molecular flexibility index (Phi) is 5.79. The molecule has 7 rings (SSSR count). The van der Waals surface area contributed by atoms with Crippen molar-refractivity contribution in [1.82, 2.24) is 29.1 Å².